The predicted octanol–water partition coefficient (Wildman–Crippen LogP) is 0.403. The van der Waals surface area contributed by atoms with Crippen molar-refractivity contribution in [2.75, 3.05) is 14.2 Å². The van der Waals surface area contributed by atoms with Crippen molar-refractivity contribution in [1.82, 2.24) is 5.32 Å². The van der Waals surface area contributed by atoms with Crippen LogP contribution < -0.4 is 5.32 Å². The van der Waals surface area contributed by atoms with Crippen LogP contribution >= 0.6 is 0 Å². The lowest BCUT2D eigenvalue weighted by Crippen LogP contribution is -2.15. The average molecular weight is 133 g/mol. The van der Waals surface area contributed by atoms with Crippen molar-refractivity contribution in [1.29, 1.82) is 0 Å². The monoisotopic (exact) mass is 133 g/mol. The first kappa shape index (κ1) is 11.3. The minimum atomic E-state index is 0.375. The zero-order chi connectivity index (χ0) is 7.70. The molecule has 0 saturated carbocycles. The third-order valence-corrected chi connectivity index (χ3v) is 0.674. The molecule has 0 aliphatic heterocycles. The third kappa shape index (κ3) is 37.1. The van der Waals surface area contributed by atoms with E-state index in [-0.39, 0.29) is 0 Å². The molecule has 0 aromatic carbocycles. The number of hydrogen-bond acceptors (Lipinski definition) is 3. The van der Waals surface area contributed by atoms with Gasteiger partial charge in [0.2, 0.25) is 0 Å². The summed E-state index contributed by atoms with van der Waals surface area (Å²) in [5, 5.41) is 3.03. The van der Waals surface area contributed by atoms with E-state index in [1.54, 1.807) is 0 Å². The van der Waals surface area contributed by atoms with Crippen LogP contribution in [-0.2, 0) is 9.53 Å². The lowest BCUT2D eigenvalue weighted by molar-refractivity contribution is -0.126. The molecule has 0 heterocycles. The van der Waals surface area contributed by atoms with Gasteiger partial charge in [-0.2, -0.15) is 0 Å². The Bertz CT molecular complexity index is 55.0. The van der Waals surface area contributed by atoms with E-state index in [0.717, 1.165) is 0 Å². The lowest BCUT2D eigenvalue weighted by atomic mass is 10.4. The van der Waals surface area contributed by atoms with Crippen LogP contribution in [0.1, 0.15) is 13.8 Å². The second-order valence-electron chi connectivity index (χ2n) is 1.78. The van der Waals surface area contributed by atoms with E-state index in [0.29, 0.717) is 12.5 Å². The van der Waals surface area contributed by atoms with Gasteiger partial charge in [0.25, 0.3) is 6.47 Å². The SMILES string of the molecule is CNC(C)C.COC=O. The molecule has 1 N–H and O–H groups in total. The third-order valence-electron chi connectivity index (χ3n) is 0.674. The minimum absolute atomic E-state index is 0.375. The number of ether oxygens (including phenoxy) is 1. The molecular formula is C6H15NO2. The van der Waals surface area contributed by atoms with Gasteiger partial charge in [-0.25, -0.2) is 0 Å². The fraction of sp³-hybridized carbons (Fsp3) is 0.833. The molecule has 0 bridgehead atoms. The summed E-state index contributed by atoms with van der Waals surface area (Å²) in [7, 11) is 3.26. The van der Waals surface area contributed by atoms with Gasteiger partial charge in [-0.1, -0.05) is 13.8 Å². The van der Waals surface area contributed by atoms with Gasteiger partial charge >= 0.3 is 0 Å². The Labute approximate surface area is 56.4 Å². The maximum Gasteiger partial charge on any atom is 0.292 e. The van der Waals surface area contributed by atoms with Crippen LogP contribution in [0, 0.1) is 0 Å². The molecule has 0 atom stereocenters. The van der Waals surface area contributed by atoms with Gasteiger partial charge in [-0.3, -0.25) is 4.79 Å². The first-order valence-electron chi connectivity index (χ1n) is 2.82. The van der Waals surface area contributed by atoms with Crippen molar-refractivity contribution in [2.24, 2.45) is 0 Å². The van der Waals surface area contributed by atoms with Gasteiger partial charge in [0.15, 0.2) is 0 Å². The fourth-order valence-corrected chi connectivity index (χ4v) is 0. The zero-order valence-corrected chi connectivity index (χ0v) is 6.47. The first-order chi connectivity index (χ1) is 4.18. The van der Waals surface area contributed by atoms with E-state index in [4.69, 9.17) is 4.79 Å². The molecule has 0 aliphatic carbocycles. The summed E-state index contributed by atoms with van der Waals surface area (Å²) >= 11 is 0. The fourth-order valence-electron chi connectivity index (χ4n) is 0. The van der Waals surface area contributed by atoms with Crippen LogP contribution in [0.4, 0.5) is 0 Å². The minimum Gasteiger partial charge on any atom is -0.471 e. The van der Waals surface area contributed by atoms with Crippen molar-refractivity contribution in [3.63, 3.8) is 0 Å². The van der Waals surface area contributed by atoms with Crippen LogP contribution in [0.15, 0.2) is 0 Å². The first-order valence-corrected chi connectivity index (χ1v) is 2.82. The van der Waals surface area contributed by atoms with E-state index in [9.17, 15) is 0 Å². The highest BCUT2D eigenvalue weighted by Crippen LogP contribution is 1.66. The van der Waals surface area contributed by atoms with Gasteiger partial charge < -0.3 is 10.1 Å². The van der Waals surface area contributed by atoms with Gasteiger partial charge in [0, 0.05) is 6.04 Å². The highest BCUT2D eigenvalue weighted by atomic mass is 16.5. The van der Waals surface area contributed by atoms with Gasteiger partial charge in [-0.15, -0.1) is 0 Å². The van der Waals surface area contributed by atoms with Gasteiger partial charge in [0.1, 0.15) is 0 Å². The molecule has 0 fully saturated rings. The molecule has 3 heteroatoms. The topological polar surface area (TPSA) is 38.3 Å². The van der Waals surface area contributed by atoms with Crippen molar-refractivity contribution in [2.45, 2.75) is 19.9 Å². The summed E-state index contributed by atoms with van der Waals surface area (Å²) in [6.07, 6.45) is 0. The summed E-state index contributed by atoms with van der Waals surface area (Å²) in [6.45, 7) is 4.60. The molecule has 9 heavy (non-hydrogen) atoms. The smallest absolute Gasteiger partial charge is 0.292 e. The van der Waals surface area contributed by atoms with E-state index >= 15 is 0 Å². The number of hydrogen-bond donors (Lipinski definition) is 1. The van der Waals surface area contributed by atoms with Crippen LogP contribution in [-0.4, -0.2) is 26.7 Å². The summed E-state index contributed by atoms with van der Waals surface area (Å²) in [5.74, 6) is 0. The summed E-state index contributed by atoms with van der Waals surface area (Å²) < 4.78 is 3.86. The summed E-state index contributed by atoms with van der Waals surface area (Å²) in [4.78, 5) is 8.95. The molecule has 0 amide bonds. The van der Waals surface area contributed by atoms with E-state index in [1.165, 1.54) is 7.11 Å². The molecule has 0 unspecified atom stereocenters. The van der Waals surface area contributed by atoms with Crippen molar-refractivity contribution in [3.8, 4) is 0 Å². The standard InChI is InChI=1S/C4H11N.C2H4O2/c1-4(2)5-3;1-4-2-3/h4-5H,1-3H3;2H,1H3. The van der Waals surface area contributed by atoms with Gasteiger partial charge in [-0.05, 0) is 7.05 Å². The number of methoxy groups -OCH3 is 1. The molecular weight excluding hydrogens is 118 g/mol. The quantitative estimate of drug-likeness (QED) is 0.554. The number of carbonyl (C=O) groups excluding carboxylic acids is 1. The highest BCUT2D eigenvalue weighted by Gasteiger charge is 1.76. The Morgan fingerprint density at radius 1 is 1.56 bits per heavy atom. The Kier molecular flexibility index (Phi) is 13.0. The molecule has 0 aromatic rings. The molecule has 3 nitrogen and oxygen atoms in total. The molecule has 0 saturated heterocycles. The van der Waals surface area contributed by atoms with Crippen molar-refractivity contribution < 1.29 is 9.53 Å². The molecule has 0 aliphatic rings. The average Bonchev–Trinajstić information content (AvgIpc) is 1.89. The van der Waals surface area contributed by atoms with Crippen LogP contribution in [0.2, 0.25) is 0 Å². The van der Waals surface area contributed by atoms with Crippen molar-refractivity contribution in [3.05, 3.63) is 0 Å². The van der Waals surface area contributed by atoms with Crippen molar-refractivity contribution >= 4 is 6.47 Å². The van der Waals surface area contributed by atoms with Crippen LogP contribution in [0.25, 0.3) is 0 Å². The number of rotatable bonds is 2. The Morgan fingerprint density at radius 3 is 1.78 bits per heavy atom. The summed E-state index contributed by atoms with van der Waals surface area (Å²) in [5.41, 5.74) is 0. The molecule has 0 spiro atoms. The maximum atomic E-state index is 8.95. The predicted molar refractivity (Wildman–Crippen MR) is 37.3 cm³/mol. The Balaban J connectivity index is 0. The van der Waals surface area contributed by atoms with E-state index in [2.05, 4.69) is 23.9 Å². The maximum absolute atomic E-state index is 8.95. The molecule has 0 radical (unpaired) electrons. The van der Waals surface area contributed by atoms with E-state index in [1.807, 2.05) is 7.05 Å². The molecule has 56 valence electrons. The van der Waals surface area contributed by atoms with E-state index < -0.39 is 0 Å². The highest BCUT2D eigenvalue weighted by molar-refractivity contribution is 5.36. The summed E-state index contributed by atoms with van der Waals surface area (Å²) in [6, 6.07) is 0.634. The Morgan fingerprint density at radius 2 is 1.78 bits per heavy atom. The second kappa shape index (κ2) is 10.4. The largest absolute Gasteiger partial charge is 0.471 e. The number of carbonyl (C=O) groups is 1. The lowest BCUT2D eigenvalue weighted by Gasteiger charge is -1.95. The second-order valence-corrected chi connectivity index (χ2v) is 1.78. The number of nitrogens with one attached hydrogen (secondary N) is 1. The Hall–Kier alpha value is -0.570. The molecule has 0 rings (SSSR count). The normalized spacial score (nSPS) is 7.67. The van der Waals surface area contributed by atoms with Crippen LogP contribution in [0.3, 0.4) is 0 Å². The van der Waals surface area contributed by atoms with Gasteiger partial charge in [0.05, 0.1) is 7.11 Å². The zero-order valence-electron chi connectivity index (χ0n) is 6.47. The van der Waals surface area contributed by atoms with Crippen LogP contribution in [0.5, 0.6) is 0 Å². The molecule has 0 aromatic heterocycles.